The van der Waals surface area contributed by atoms with Gasteiger partial charge >= 0.3 is 5.97 Å². The molecule has 0 aromatic carbocycles. The highest BCUT2D eigenvalue weighted by molar-refractivity contribution is 5.70. The van der Waals surface area contributed by atoms with Crippen LogP contribution in [0.2, 0.25) is 0 Å². The fourth-order valence-electron chi connectivity index (χ4n) is 5.53. The van der Waals surface area contributed by atoms with Crippen molar-refractivity contribution in [2.24, 2.45) is 23.2 Å². The van der Waals surface area contributed by atoms with E-state index in [4.69, 9.17) is 14.3 Å². The second-order valence-corrected chi connectivity index (χ2v) is 7.85. The van der Waals surface area contributed by atoms with E-state index in [1.807, 2.05) is 0 Å². The van der Waals surface area contributed by atoms with E-state index in [2.05, 4.69) is 0 Å². The molecule has 4 aliphatic carbocycles. The molecule has 4 fully saturated rings. The number of ether oxygens (including phenoxy) is 1. The van der Waals surface area contributed by atoms with Gasteiger partial charge in [0.25, 0.3) is 0 Å². The van der Waals surface area contributed by atoms with E-state index in [0.29, 0.717) is 6.42 Å². The summed E-state index contributed by atoms with van der Waals surface area (Å²) in [5.41, 5.74) is -0.370. The maximum absolute atomic E-state index is 12.3. The molecule has 5 rings (SSSR count). The minimum Gasteiger partial charge on any atom is -0.502 e. The molecule has 1 heterocycles. The Hall–Kier alpha value is -1.78. The first kappa shape index (κ1) is 14.8. The highest BCUT2D eigenvalue weighted by Crippen LogP contribution is 2.61. The molecule has 1 N–H and O–H groups in total. The van der Waals surface area contributed by atoms with Gasteiger partial charge in [0.1, 0.15) is 18.6 Å². The monoisotopic (exact) mass is 318 g/mol. The van der Waals surface area contributed by atoms with Crippen LogP contribution in [0.25, 0.3) is 0 Å². The van der Waals surface area contributed by atoms with Crippen LogP contribution in [0.3, 0.4) is 0 Å². The van der Waals surface area contributed by atoms with Crippen molar-refractivity contribution in [2.75, 3.05) is 0 Å². The Morgan fingerprint density at radius 1 is 1.22 bits per heavy atom. The average Bonchev–Trinajstić information content (AvgIpc) is 2.46. The van der Waals surface area contributed by atoms with Crippen LogP contribution in [0.15, 0.2) is 21.5 Å². The third-order valence-electron chi connectivity index (χ3n) is 5.93. The van der Waals surface area contributed by atoms with E-state index in [-0.39, 0.29) is 23.8 Å². The van der Waals surface area contributed by atoms with Gasteiger partial charge in [0.05, 0.1) is 6.42 Å². The van der Waals surface area contributed by atoms with Crippen molar-refractivity contribution in [1.29, 1.82) is 0 Å². The molecule has 124 valence electrons. The van der Waals surface area contributed by atoms with Gasteiger partial charge in [-0.05, 0) is 61.7 Å². The third kappa shape index (κ3) is 2.89. The minimum absolute atomic E-state index is 0.0548. The molecule has 1 aromatic heterocycles. The summed E-state index contributed by atoms with van der Waals surface area (Å²) in [5, 5.41) is 9.15. The molecule has 23 heavy (non-hydrogen) atoms. The lowest BCUT2D eigenvalue weighted by Crippen LogP contribution is -2.47. The highest BCUT2D eigenvalue weighted by Gasteiger charge is 2.51. The molecule has 4 bridgehead atoms. The Morgan fingerprint density at radius 3 is 2.39 bits per heavy atom. The molecule has 0 aliphatic heterocycles. The van der Waals surface area contributed by atoms with Crippen LogP contribution in [-0.2, 0) is 16.1 Å². The largest absolute Gasteiger partial charge is 0.502 e. The number of carbonyl (C=O) groups is 1. The first-order valence-electron chi connectivity index (χ1n) is 8.48. The van der Waals surface area contributed by atoms with Gasteiger partial charge in [-0.3, -0.25) is 9.59 Å². The van der Waals surface area contributed by atoms with E-state index in [9.17, 15) is 9.59 Å². The van der Waals surface area contributed by atoms with Gasteiger partial charge in [0, 0.05) is 6.07 Å². The Bertz CT molecular complexity index is 639. The van der Waals surface area contributed by atoms with Crippen LogP contribution in [0.1, 0.15) is 50.7 Å². The van der Waals surface area contributed by atoms with Crippen molar-refractivity contribution in [3.63, 3.8) is 0 Å². The lowest BCUT2D eigenvalue weighted by molar-refractivity contribution is -0.153. The molecular weight excluding hydrogens is 296 g/mol. The number of carbonyl (C=O) groups excluding carboxylic acids is 1. The van der Waals surface area contributed by atoms with E-state index in [0.717, 1.165) is 30.1 Å². The van der Waals surface area contributed by atoms with Gasteiger partial charge in [-0.2, -0.15) is 0 Å². The smallest absolute Gasteiger partial charge is 0.306 e. The first-order chi connectivity index (χ1) is 11.0. The number of hydrogen-bond acceptors (Lipinski definition) is 5. The quantitative estimate of drug-likeness (QED) is 0.864. The molecule has 1 aromatic rings. The van der Waals surface area contributed by atoms with Gasteiger partial charge in [-0.1, -0.05) is 0 Å². The molecule has 4 aliphatic rings. The summed E-state index contributed by atoms with van der Waals surface area (Å²) in [4.78, 5) is 23.6. The maximum atomic E-state index is 12.3. The van der Waals surface area contributed by atoms with Gasteiger partial charge in [0.15, 0.2) is 5.75 Å². The second-order valence-electron chi connectivity index (χ2n) is 7.85. The summed E-state index contributed by atoms with van der Waals surface area (Å²) in [7, 11) is 0. The zero-order valence-corrected chi connectivity index (χ0v) is 13.1. The molecule has 0 saturated heterocycles. The Balaban J connectivity index is 1.37. The van der Waals surface area contributed by atoms with Crippen molar-refractivity contribution < 1.29 is 19.1 Å². The molecule has 0 spiro atoms. The topological polar surface area (TPSA) is 76.7 Å². The van der Waals surface area contributed by atoms with Gasteiger partial charge in [-0.15, -0.1) is 0 Å². The van der Waals surface area contributed by atoms with Crippen LogP contribution < -0.4 is 5.43 Å². The van der Waals surface area contributed by atoms with Gasteiger partial charge < -0.3 is 14.3 Å². The molecule has 5 nitrogen and oxygen atoms in total. The number of aromatic hydroxyl groups is 1. The van der Waals surface area contributed by atoms with Crippen molar-refractivity contribution in [2.45, 2.75) is 51.6 Å². The summed E-state index contributed by atoms with van der Waals surface area (Å²) in [5.74, 6) is 2.04. The molecule has 0 radical (unpaired) electrons. The van der Waals surface area contributed by atoms with E-state index >= 15 is 0 Å². The standard InChI is InChI=1S/C18H22O5/c19-15-4-14(22-10-16(15)20)9-23-17(21)8-18-5-11-1-12(6-18)3-13(2-11)7-18/h4,10-13,20H,1-3,5-9H2. The van der Waals surface area contributed by atoms with Crippen molar-refractivity contribution in [1.82, 2.24) is 0 Å². The van der Waals surface area contributed by atoms with Crippen molar-refractivity contribution in [3.05, 3.63) is 28.3 Å². The highest BCUT2D eigenvalue weighted by atomic mass is 16.5. The number of esters is 1. The predicted octanol–water partition coefficient (Wildman–Crippen LogP) is 3.00. The maximum Gasteiger partial charge on any atom is 0.306 e. The fourth-order valence-corrected chi connectivity index (χ4v) is 5.53. The number of hydrogen-bond donors (Lipinski definition) is 1. The molecule has 0 amide bonds. The first-order valence-corrected chi connectivity index (χ1v) is 8.48. The minimum atomic E-state index is -0.525. The number of rotatable bonds is 4. The Morgan fingerprint density at radius 2 is 1.83 bits per heavy atom. The summed E-state index contributed by atoms with van der Waals surface area (Å²) in [6.07, 6.45) is 9.03. The van der Waals surface area contributed by atoms with Crippen LogP contribution >= 0.6 is 0 Å². The van der Waals surface area contributed by atoms with E-state index in [1.54, 1.807) is 0 Å². The molecule has 5 heteroatoms. The lowest BCUT2D eigenvalue weighted by Gasteiger charge is -2.56. The summed E-state index contributed by atoms with van der Waals surface area (Å²) in [6, 6.07) is 1.16. The SMILES string of the molecule is O=C(CC12CC3CC(CC(C3)C1)C2)OCc1cc(=O)c(O)co1. The average molecular weight is 318 g/mol. The zero-order valence-electron chi connectivity index (χ0n) is 13.1. The van der Waals surface area contributed by atoms with Gasteiger partial charge in [0.2, 0.25) is 5.43 Å². The molecule has 0 unspecified atom stereocenters. The zero-order chi connectivity index (χ0) is 16.0. The van der Waals surface area contributed by atoms with Crippen molar-refractivity contribution >= 4 is 5.97 Å². The lowest BCUT2D eigenvalue weighted by atomic mass is 9.49. The predicted molar refractivity (Wildman–Crippen MR) is 81.7 cm³/mol. The van der Waals surface area contributed by atoms with Crippen LogP contribution in [0, 0.1) is 23.2 Å². The van der Waals surface area contributed by atoms with Crippen LogP contribution in [0.5, 0.6) is 5.75 Å². The normalized spacial score (nSPS) is 34.5. The fraction of sp³-hybridized carbons (Fsp3) is 0.667. The van der Waals surface area contributed by atoms with E-state index < -0.39 is 11.2 Å². The molecular formula is C18H22O5. The van der Waals surface area contributed by atoms with Crippen molar-refractivity contribution in [3.8, 4) is 5.75 Å². The third-order valence-corrected chi connectivity index (χ3v) is 5.93. The summed E-state index contributed by atoms with van der Waals surface area (Å²) >= 11 is 0. The molecule has 4 saturated carbocycles. The summed E-state index contributed by atoms with van der Waals surface area (Å²) < 4.78 is 10.4. The summed E-state index contributed by atoms with van der Waals surface area (Å²) in [6.45, 7) is -0.0548. The molecule has 0 atom stereocenters. The Kier molecular flexibility index (Phi) is 3.47. The second kappa shape index (κ2) is 5.39. The van der Waals surface area contributed by atoms with E-state index in [1.165, 1.54) is 38.5 Å². The van der Waals surface area contributed by atoms with Gasteiger partial charge in [-0.25, -0.2) is 0 Å². The van der Waals surface area contributed by atoms with Crippen LogP contribution in [0.4, 0.5) is 0 Å². The Labute approximate surface area is 134 Å². The van der Waals surface area contributed by atoms with Crippen LogP contribution in [-0.4, -0.2) is 11.1 Å².